The molecule has 1 aliphatic rings. The van der Waals surface area contributed by atoms with Gasteiger partial charge in [-0.1, -0.05) is 31.0 Å². The van der Waals surface area contributed by atoms with Gasteiger partial charge >= 0.3 is 0 Å². The first-order valence-corrected chi connectivity index (χ1v) is 9.34. The molecule has 1 fully saturated rings. The van der Waals surface area contributed by atoms with Gasteiger partial charge in [-0.15, -0.1) is 0 Å². The largest absolute Gasteiger partial charge is 0.335 e. The first kappa shape index (κ1) is 16.8. The zero-order valence-corrected chi connectivity index (χ0v) is 15.1. The third kappa shape index (κ3) is 3.47. The lowest BCUT2D eigenvalue weighted by molar-refractivity contribution is -0.133. The predicted molar refractivity (Wildman–Crippen MR) is 102 cm³/mol. The predicted octanol–water partition coefficient (Wildman–Crippen LogP) is 3.78. The summed E-state index contributed by atoms with van der Waals surface area (Å²) in [7, 11) is 0. The number of rotatable bonds is 5. The Morgan fingerprint density at radius 1 is 1.23 bits per heavy atom. The Morgan fingerprint density at radius 2 is 2.04 bits per heavy atom. The molecule has 134 valence electrons. The second kappa shape index (κ2) is 7.28. The van der Waals surface area contributed by atoms with E-state index >= 15 is 0 Å². The molecule has 2 heterocycles. The van der Waals surface area contributed by atoms with Gasteiger partial charge in [0.2, 0.25) is 5.91 Å². The normalized spacial score (nSPS) is 14.8. The summed E-state index contributed by atoms with van der Waals surface area (Å²) in [5.74, 6) is 0.166. The maximum atomic E-state index is 13.1. The molecule has 2 aromatic heterocycles. The zero-order valence-electron chi connectivity index (χ0n) is 15.1. The Morgan fingerprint density at radius 3 is 2.81 bits per heavy atom. The summed E-state index contributed by atoms with van der Waals surface area (Å²) >= 11 is 0. The first-order valence-electron chi connectivity index (χ1n) is 9.34. The highest BCUT2D eigenvalue weighted by Crippen LogP contribution is 2.28. The van der Waals surface area contributed by atoms with Crippen LogP contribution in [0.4, 0.5) is 0 Å². The molecule has 0 radical (unpaired) electrons. The van der Waals surface area contributed by atoms with E-state index in [0.29, 0.717) is 19.0 Å². The molecule has 1 aromatic carbocycles. The number of para-hydroxylation sites is 1. The average molecular weight is 348 g/mol. The molecule has 26 heavy (non-hydrogen) atoms. The van der Waals surface area contributed by atoms with Gasteiger partial charge in [0.05, 0.1) is 11.9 Å². The number of fused-ring (bicyclic) bond motifs is 1. The molecule has 5 heteroatoms. The van der Waals surface area contributed by atoms with Crippen LogP contribution < -0.4 is 0 Å². The molecule has 1 aliphatic carbocycles. The van der Waals surface area contributed by atoms with Crippen molar-refractivity contribution in [1.82, 2.24) is 20.1 Å². The second-order valence-electron chi connectivity index (χ2n) is 7.16. The van der Waals surface area contributed by atoms with Crippen molar-refractivity contribution in [3.8, 4) is 0 Å². The lowest BCUT2D eigenvalue weighted by Gasteiger charge is -2.29. The van der Waals surface area contributed by atoms with Gasteiger partial charge in [-0.05, 0) is 43.5 Å². The highest BCUT2D eigenvalue weighted by Gasteiger charge is 2.27. The number of amides is 1. The third-order valence-electron chi connectivity index (χ3n) is 5.26. The van der Waals surface area contributed by atoms with Gasteiger partial charge in [0.25, 0.3) is 0 Å². The van der Waals surface area contributed by atoms with Crippen LogP contribution in [-0.4, -0.2) is 32.0 Å². The van der Waals surface area contributed by atoms with Gasteiger partial charge in [0, 0.05) is 35.6 Å². The fraction of sp³-hybridized carbons (Fsp3) is 0.381. The molecular formula is C21H24N4O. The first-order chi connectivity index (χ1) is 12.7. The van der Waals surface area contributed by atoms with Crippen molar-refractivity contribution in [2.45, 2.75) is 51.6 Å². The smallest absolute Gasteiger partial charge is 0.229 e. The van der Waals surface area contributed by atoms with E-state index in [4.69, 9.17) is 0 Å². The molecule has 1 amide bonds. The van der Waals surface area contributed by atoms with E-state index in [1.54, 1.807) is 6.20 Å². The number of carbonyl (C=O) groups is 1. The van der Waals surface area contributed by atoms with Crippen LogP contribution in [0.2, 0.25) is 0 Å². The maximum absolute atomic E-state index is 13.1. The van der Waals surface area contributed by atoms with Gasteiger partial charge in [-0.3, -0.25) is 14.9 Å². The topological polar surface area (TPSA) is 61.9 Å². The van der Waals surface area contributed by atoms with Crippen molar-refractivity contribution < 1.29 is 4.79 Å². The molecule has 0 unspecified atom stereocenters. The maximum Gasteiger partial charge on any atom is 0.229 e. The highest BCUT2D eigenvalue weighted by molar-refractivity contribution is 5.84. The molecule has 0 bridgehead atoms. The van der Waals surface area contributed by atoms with Gasteiger partial charge in [0.1, 0.15) is 0 Å². The van der Waals surface area contributed by atoms with Gasteiger partial charge < -0.3 is 4.90 Å². The fourth-order valence-electron chi connectivity index (χ4n) is 3.99. The molecular weight excluding hydrogens is 324 g/mol. The van der Waals surface area contributed by atoms with Crippen LogP contribution in [0.15, 0.2) is 42.6 Å². The minimum atomic E-state index is 0.166. The van der Waals surface area contributed by atoms with Crippen LogP contribution in [0.1, 0.15) is 42.6 Å². The van der Waals surface area contributed by atoms with Crippen LogP contribution >= 0.6 is 0 Å². The van der Waals surface area contributed by atoms with Crippen LogP contribution in [-0.2, 0) is 17.8 Å². The SMILES string of the molecule is Cc1cc(CN(C(=O)Cc2ccn[nH]2)C2CCCC2)c2ccccc2n1. The summed E-state index contributed by atoms with van der Waals surface area (Å²) in [4.78, 5) is 19.8. The number of aryl methyl sites for hydroxylation is 1. The van der Waals surface area contributed by atoms with Crippen LogP contribution in [0.3, 0.4) is 0 Å². The minimum Gasteiger partial charge on any atom is -0.335 e. The molecule has 0 atom stereocenters. The Kier molecular flexibility index (Phi) is 4.69. The summed E-state index contributed by atoms with van der Waals surface area (Å²) in [6.45, 7) is 2.66. The van der Waals surface area contributed by atoms with Gasteiger partial charge in [-0.2, -0.15) is 5.10 Å². The lowest BCUT2D eigenvalue weighted by atomic mass is 10.1. The van der Waals surface area contributed by atoms with E-state index in [1.165, 1.54) is 18.4 Å². The zero-order chi connectivity index (χ0) is 17.9. The summed E-state index contributed by atoms with van der Waals surface area (Å²) in [5, 5.41) is 8.01. The van der Waals surface area contributed by atoms with E-state index in [2.05, 4.69) is 32.2 Å². The van der Waals surface area contributed by atoms with Crippen molar-refractivity contribution >= 4 is 16.8 Å². The van der Waals surface area contributed by atoms with E-state index in [0.717, 1.165) is 35.1 Å². The molecule has 1 N–H and O–H groups in total. The number of aromatic nitrogens is 3. The van der Waals surface area contributed by atoms with Crippen LogP contribution in [0.25, 0.3) is 10.9 Å². The summed E-state index contributed by atoms with van der Waals surface area (Å²) in [6, 6.07) is 12.5. The number of benzene rings is 1. The third-order valence-corrected chi connectivity index (χ3v) is 5.26. The number of hydrogen-bond donors (Lipinski definition) is 1. The number of carbonyl (C=O) groups excluding carboxylic acids is 1. The fourth-order valence-corrected chi connectivity index (χ4v) is 3.99. The quantitative estimate of drug-likeness (QED) is 0.763. The number of pyridine rings is 1. The van der Waals surface area contributed by atoms with E-state index in [1.807, 2.05) is 31.2 Å². The van der Waals surface area contributed by atoms with E-state index < -0.39 is 0 Å². The summed E-state index contributed by atoms with van der Waals surface area (Å²) in [5.41, 5.74) is 4.03. The van der Waals surface area contributed by atoms with Gasteiger partial charge in [0.15, 0.2) is 0 Å². The Labute approximate surface area is 153 Å². The van der Waals surface area contributed by atoms with Crippen molar-refractivity contribution in [3.05, 3.63) is 59.5 Å². The molecule has 0 saturated heterocycles. The standard InChI is InChI=1S/C21H24N4O/c1-15-12-16(19-8-4-5-9-20(19)23-15)14-25(18-6-2-3-7-18)21(26)13-17-10-11-22-24-17/h4-5,8-12,18H,2-3,6-7,13-14H2,1H3,(H,22,24). The molecule has 0 spiro atoms. The molecule has 1 saturated carbocycles. The number of nitrogens with one attached hydrogen (secondary N) is 1. The minimum absolute atomic E-state index is 0.166. The number of hydrogen-bond acceptors (Lipinski definition) is 3. The summed E-state index contributed by atoms with van der Waals surface area (Å²) in [6.07, 6.45) is 6.66. The number of H-pyrrole nitrogens is 1. The molecule has 4 rings (SSSR count). The second-order valence-corrected chi connectivity index (χ2v) is 7.16. The van der Waals surface area contributed by atoms with Crippen molar-refractivity contribution in [2.75, 3.05) is 0 Å². The Hall–Kier alpha value is -2.69. The van der Waals surface area contributed by atoms with Crippen molar-refractivity contribution in [2.24, 2.45) is 0 Å². The molecule has 0 aliphatic heterocycles. The van der Waals surface area contributed by atoms with Crippen molar-refractivity contribution in [1.29, 1.82) is 0 Å². The van der Waals surface area contributed by atoms with Crippen molar-refractivity contribution in [3.63, 3.8) is 0 Å². The van der Waals surface area contributed by atoms with Gasteiger partial charge in [-0.25, -0.2) is 0 Å². The average Bonchev–Trinajstić information content (AvgIpc) is 3.33. The highest BCUT2D eigenvalue weighted by atomic mass is 16.2. The Bertz CT molecular complexity index is 898. The van der Waals surface area contributed by atoms with Crippen LogP contribution in [0, 0.1) is 6.92 Å². The lowest BCUT2D eigenvalue weighted by Crippen LogP contribution is -2.39. The van der Waals surface area contributed by atoms with Crippen LogP contribution in [0.5, 0.6) is 0 Å². The molecule has 5 nitrogen and oxygen atoms in total. The number of aromatic amines is 1. The summed E-state index contributed by atoms with van der Waals surface area (Å²) < 4.78 is 0. The van der Waals surface area contributed by atoms with E-state index in [9.17, 15) is 4.79 Å². The Balaban J connectivity index is 1.65. The molecule has 3 aromatic rings. The number of nitrogens with zero attached hydrogens (tertiary/aromatic N) is 3. The van der Waals surface area contributed by atoms with E-state index in [-0.39, 0.29) is 5.91 Å². The monoisotopic (exact) mass is 348 g/mol.